The lowest BCUT2D eigenvalue weighted by atomic mass is 9.95. The second kappa shape index (κ2) is 4.55. The summed E-state index contributed by atoms with van der Waals surface area (Å²) in [6.45, 7) is 6.51. The van der Waals surface area contributed by atoms with Crippen LogP contribution in [-0.2, 0) is 0 Å². The molecule has 3 aromatic carbocycles. The van der Waals surface area contributed by atoms with Gasteiger partial charge in [-0.25, -0.2) is 0 Å². The summed E-state index contributed by atoms with van der Waals surface area (Å²) >= 11 is 0. The maximum absolute atomic E-state index is 2.30. The zero-order valence-electron chi connectivity index (χ0n) is 11.7. The molecule has 0 radical (unpaired) electrons. The molecule has 19 heavy (non-hydrogen) atoms. The van der Waals surface area contributed by atoms with Crippen molar-refractivity contribution in [1.29, 1.82) is 0 Å². The summed E-state index contributed by atoms with van der Waals surface area (Å²) in [5.74, 6) is 0. The van der Waals surface area contributed by atoms with E-state index in [2.05, 4.69) is 75.4 Å². The third kappa shape index (κ3) is 2.15. The van der Waals surface area contributed by atoms with Crippen molar-refractivity contribution in [3.63, 3.8) is 0 Å². The van der Waals surface area contributed by atoms with E-state index in [4.69, 9.17) is 0 Å². The van der Waals surface area contributed by atoms with Gasteiger partial charge in [0.1, 0.15) is 0 Å². The Balaban J connectivity index is 2.25. The first-order chi connectivity index (χ1) is 9.15. The van der Waals surface area contributed by atoms with Crippen molar-refractivity contribution in [3.05, 3.63) is 71.3 Å². The van der Waals surface area contributed by atoms with E-state index < -0.39 is 0 Å². The molecule has 0 aliphatic carbocycles. The lowest BCUT2D eigenvalue weighted by molar-refractivity contribution is 1.42. The normalized spacial score (nSPS) is 10.9. The Morgan fingerprint density at radius 2 is 1.47 bits per heavy atom. The molecule has 0 heteroatoms. The van der Waals surface area contributed by atoms with Crippen molar-refractivity contribution >= 4 is 10.8 Å². The predicted octanol–water partition coefficient (Wildman–Crippen LogP) is 5.43. The molecule has 0 atom stereocenters. The van der Waals surface area contributed by atoms with E-state index in [-0.39, 0.29) is 0 Å². The monoisotopic (exact) mass is 246 g/mol. The molecule has 0 heterocycles. The van der Waals surface area contributed by atoms with Crippen LogP contribution in [0.3, 0.4) is 0 Å². The van der Waals surface area contributed by atoms with Gasteiger partial charge in [-0.05, 0) is 59.9 Å². The van der Waals surface area contributed by atoms with E-state index in [1.54, 1.807) is 0 Å². The van der Waals surface area contributed by atoms with Crippen molar-refractivity contribution in [2.45, 2.75) is 20.8 Å². The minimum absolute atomic E-state index is 1.30. The summed E-state index contributed by atoms with van der Waals surface area (Å²) in [5, 5.41) is 2.68. The van der Waals surface area contributed by atoms with Gasteiger partial charge in [-0.3, -0.25) is 0 Å². The number of benzene rings is 3. The molecule has 0 amide bonds. The molecule has 0 aliphatic rings. The second-order valence-corrected chi connectivity index (χ2v) is 5.33. The molecule has 0 saturated carbocycles. The number of fused-ring (bicyclic) bond motifs is 1. The van der Waals surface area contributed by atoms with Crippen LogP contribution >= 0.6 is 0 Å². The zero-order chi connectivity index (χ0) is 13.4. The highest BCUT2D eigenvalue weighted by Gasteiger charge is 2.04. The predicted molar refractivity (Wildman–Crippen MR) is 83.6 cm³/mol. The average molecular weight is 246 g/mol. The maximum Gasteiger partial charge on any atom is -0.0154 e. The third-order valence-corrected chi connectivity index (χ3v) is 3.76. The van der Waals surface area contributed by atoms with Gasteiger partial charge in [0.05, 0.1) is 0 Å². The minimum Gasteiger partial charge on any atom is -0.0620 e. The van der Waals surface area contributed by atoms with Gasteiger partial charge in [0.15, 0.2) is 0 Å². The smallest absolute Gasteiger partial charge is 0.0154 e. The second-order valence-electron chi connectivity index (χ2n) is 5.33. The van der Waals surface area contributed by atoms with Crippen LogP contribution in [0, 0.1) is 20.8 Å². The van der Waals surface area contributed by atoms with E-state index in [1.807, 2.05) is 0 Å². The average Bonchev–Trinajstić information content (AvgIpc) is 2.38. The van der Waals surface area contributed by atoms with Crippen LogP contribution in [-0.4, -0.2) is 0 Å². The summed E-state index contributed by atoms with van der Waals surface area (Å²) in [4.78, 5) is 0. The van der Waals surface area contributed by atoms with Gasteiger partial charge in [-0.2, -0.15) is 0 Å². The Bertz CT molecular complexity index is 751. The Morgan fingerprint density at radius 1 is 0.684 bits per heavy atom. The molecule has 0 aromatic heterocycles. The highest BCUT2D eigenvalue weighted by Crippen LogP contribution is 2.28. The van der Waals surface area contributed by atoms with Crippen LogP contribution in [0.25, 0.3) is 21.9 Å². The molecule has 0 unspecified atom stereocenters. The lowest BCUT2D eigenvalue weighted by Crippen LogP contribution is -1.85. The summed E-state index contributed by atoms with van der Waals surface area (Å²) in [7, 11) is 0. The SMILES string of the molecule is Cc1cc(C)c2ccc(-c3ccccc3C)cc2c1. The summed E-state index contributed by atoms with van der Waals surface area (Å²) in [5.41, 5.74) is 6.63. The summed E-state index contributed by atoms with van der Waals surface area (Å²) in [6, 6.07) is 19.8. The van der Waals surface area contributed by atoms with Crippen LogP contribution in [0.5, 0.6) is 0 Å². The standard InChI is InChI=1S/C19H18/c1-13-10-15(3)19-9-8-16(12-17(19)11-13)18-7-5-4-6-14(18)2/h4-12H,1-3H3. The molecule has 3 aromatic rings. The van der Waals surface area contributed by atoms with Crippen molar-refractivity contribution in [2.24, 2.45) is 0 Å². The molecule has 0 fully saturated rings. The van der Waals surface area contributed by atoms with Gasteiger partial charge in [0, 0.05) is 0 Å². The Kier molecular flexibility index (Phi) is 2.87. The van der Waals surface area contributed by atoms with Crippen molar-refractivity contribution in [1.82, 2.24) is 0 Å². The van der Waals surface area contributed by atoms with E-state index in [0.29, 0.717) is 0 Å². The molecule has 0 N–H and O–H groups in total. The molecule has 3 rings (SSSR count). The number of hydrogen-bond donors (Lipinski definition) is 0. The maximum atomic E-state index is 2.30. The largest absolute Gasteiger partial charge is 0.0620 e. The quantitative estimate of drug-likeness (QED) is 0.537. The van der Waals surface area contributed by atoms with Crippen molar-refractivity contribution in [2.75, 3.05) is 0 Å². The Morgan fingerprint density at radius 3 is 2.26 bits per heavy atom. The Labute approximate surface area is 114 Å². The molecule has 0 spiro atoms. The molecule has 0 nitrogen and oxygen atoms in total. The number of aryl methyl sites for hydroxylation is 3. The number of hydrogen-bond acceptors (Lipinski definition) is 0. The van der Waals surface area contributed by atoms with Crippen LogP contribution in [0.2, 0.25) is 0 Å². The topological polar surface area (TPSA) is 0 Å². The fraction of sp³-hybridized carbons (Fsp3) is 0.158. The Hall–Kier alpha value is -2.08. The van der Waals surface area contributed by atoms with Gasteiger partial charge < -0.3 is 0 Å². The van der Waals surface area contributed by atoms with Crippen LogP contribution in [0.15, 0.2) is 54.6 Å². The van der Waals surface area contributed by atoms with Crippen LogP contribution < -0.4 is 0 Å². The fourth-order valence-electron chi connectivity index (χ4n) is 2.81. The van der Waals surface area contributed by atoms with E-state index >= 15 is 0 Å². The first kappa shape index (κ1) is 12.0. The van der Waals surface area contributed by atoms with Gasteiger partial charge in [0.25, 0.3) is 0 Å². The van der Waals surface area contributed by atoms with Crippen molar-refractivity contribution < 1.29 is 0 Å². The van der Waals surface area contributed by atoms with Gasteiger partial charge >= 0.3 is 0 Å². The summed E-state index contributed by atoms with van der Waals surface area (Å²) < 4.78 is 0. The third-order valence-electron chi connectivity index (χ3n) is 3.76. The van der Waals surface area contributed by atoms with Crippen molar-refractivity contribution in [3.8, 4) is 11.1 Å². The van der Waals surface area contributed by atoms with Gasteiger partial charge in [-0.15, -0.1) is 0 Å². The molecule has 0 aliphatic heterocycles. The highest BCUT2D eigenvalue weighted by molar-refractivity contribution is 5.90. The van der Waals surface area contributed by atoms with Crippen LogP contribution in [0.1, 0.15) is 16.7 Å². The molecular weight excluding hydrogens is 228 g/mol. The van der Waals surface area contributed by atoms with Crippen LogP contribution in [0.4, 0.5) is 0 Å². The van der Waals surface area contributed by atoms with E-state index in [9.17, 15) is 0 Å². The summed E-state index contributed by atoms with van der Waals surface area (Å²) in [6.07, 6.45) is 0. The zero-order valence-corrected chi connectivity index (χ0v) is 11.7. The molecule has 0 saturated heterocycles. The highest BCUT2D eigenvalue weighted by atomic mass is 14.1. The fourth-order valence-corrected chi connectivity index (χ4v) is 2.81. The first-order valence-corrected chi connectivity index (χ1v) is 6.72. The number of rotatable bonds is 1. The molecule has 0 bridgehead atoms. The first-order valence-electron chi connectivity index (χ1n) is 6.72. The lowest BCUT2D eigenvalue weighted by Gasteiger charge is -2.09. The minimum atomic E-state index is 1.30. The van der Waals surface area contributed by atoms with E-state index in [0.717, 1.165) is 0 Å². The molecule has 94 valence electrons. The van der Waals surface area contributed by atoms with Gasteiger partial charge in [-0.1, -0.05) is 54.1 Å². The van der Waals surface area contributed by atoms with Gasteiger partial charge in [0.2, 0.25) is 0 Å². The molecular formula is C19H18. The van der Waals surface area contributed by atoms with E-state index in [1.165, 1.54) is 38.6 Å².